The molecule has 1 atom stereocenters. The number of hydrogen-bond donors (Lipinski definition) is 1. The molecule has 4 aromatic rings. The fourth-order valence-electron chi connectivity index (χ4n) is 3.51. The first kappa shape index (κ1) is 25.0. The van der Waals surface area contributed by atoms with Crippen molar-refractivity contribution >= 4 is 16.0 Å². The number of nitrogens with zero attached hydrogens (tertiary/aromatic N) is 5. The fourth-order valence-corrected chi connectivity index (χ4v) is 4.83. The molecule has 36 heavy (non-hydrogen) atoms. The summed E-state index contributed by atoms with van der Waals surface area (Å²) in [5.41, 5.74) is -2.27. The van der Waals surface area contributed by atoms with Crippen LogP contribution in [0.4, 0.5) is 14.7 Å². The number of aryl methyl sites for hydroxylation is 1. The SMILES string of the molecule is COc1cccc(OC)c1-n1c(NS(=O)(=O)CC(C)(F)c2ncc(F)cn2)nnc1-c1ccc(C)o1. The summed E-state index contributed by atoms with van der Waals surface area (Å²) >= 11 is 0. The average molecular weight is 521 g/mol. The van der Waals surface area contributed by atoms with Crippen molar-refractivity contribution in [1.82, 2.24) is 24.7 Å². The second-order valence-corrected chi connectivity index (χ2v) is 9.61. The van der Waals surface area contributed by atoms with Gasteiger partial charge in [0.05, 0.1) is 26.6 Å². The molecule has 3 aromatic heterocycles. The molecule has 4 rings (SSSR count). The highest BCUT2D eigenvalue weighted by Gasteiger charge is 2.37. The Morgan fingerprint density at radius 2 is 1.72 bits per heavy atom. The maximum atomic E-state index is 15.3. The van der Waals surface area contributed by atoms with E-state index in [4.69, 9.17) is 13.9 Å². The number of anilines is 1. The lowest BCUT2D eigenvalue weighted by Gasteiger charge is -2.20. The molecule has 0 bridgehead atoms. The minimum atomic E-state index is -4.42. The first-order valence-electron chi connectivity index (χ1n) is 10.5. The van der Waals surface area contributed by atoms with Crippen LogP contribution in [0.1, 0.15) is 18.5 Å². The van der Waals surface area contributed by atoms with Gasteiger partial charge in [-0.1, -0.05) is 6.07 Å². The normalized spacial score (nSPS) is 13.3. The Balaban J connectivity index is 1.80. The molecule has 0 aliphatic rings. The van der Waals surface area contributed by atoms with E-state index in [-0.39, 0.29) is 23.2 Å². The Bertz CT molecular complexity index is 1460. The van der Waals surface area contributed by atoms with Gasteiger partial charge in [0.25, 0.3) is 0 Å². The monoisotopic (exact) mass is 520 g/mol. The number of methoxy groups -OCH3 is 2. The number of aromatic nitrogens is 5. The number of furan rings is 1. The van der Waals surface area contributed by atoms with Gasteiger partial charge in [0.1, 0.15) is 28.7 Å². The second kappa shape index (κ2) is 9.53. The molecule has 0 amide bonds. The second-order valence-electron chi connectivity index (χ2n) is 7.89. The quantitative estimate of drug-likeness (QED) is 0.352. The Labute approximate surface area is 205 Å². The van der Waals surface area contributed by atoms with Gasteiger partial charge in [0.2, 0.25) is 21.8 Å². The molecule has 0 aliphatic carbocycles. The maximum Gasteiger partial charge on any atom is 0.243 e. The summed E-state index contributed by atoms with van der Waals surface area (Å²) in [6.45, 7) is 2.71. The van der Waals surface area contributed by atoms with Crippen LogP contribution in [0.15, 0.2) is 47.1 Å². The van der Waals surface area contributed by atoms with Crippen LogP contribution in [0.5, 0.6) is 11.5 Å². The summed E-state index contributed by atoms with van der Waals surface area (Å²) in [5, 5.41) is 8.07. The smallest absolute Gasteiger partial charge is 0.243 e. The van der Waals surface area contributed by atoms with Crippen molar-refractivity contribution in [3.8, 4) is 28.8 Å². The summed E-state index contributed by atoms with van der Waals surface area (Å²) in [6, 6.07) is 8.30. The molecule has 0 saturated carbocycles. The van der Waals surface area contributed by atoms with E-state index in [0.29, 0.717) is 17.3 Å². The molecule has 1 unspecified atom stereocenters. The van der Waals surface area contributed by atoms with E-state index < -0.39 is 33.1 Å². The molecular formula is C22H22F2N6O5S. The Morgan fingerprint density at radius 3 is 2.28 bits per heavy atom. The lowest BCUT2D eigenvalue weighted by Crippen LogP contribution is -2.33. The van der Waals surface area contributed by atoms with Crippen LogP contribution in [0.2, 0.25) is 0 Å². The molecule has 0 spiro atoms. The number of sulfonamides is 1. The van der Waals surface area contributed by atoms with Crippen LogP contribution in [0.3, 0.4) is 0 Å². The molecular weight excluding hydrogens is 498 g/mol. The average Bonchev–Trinajstić information content (AvgIpc) is 3.43. The van der Waals surface area contributed by atoms with Crippen molar-refractivity contribution in [1.29, 1.82) is 0 Å². The standard InChI is InChI=1S/C22H22F2N6O5S/c1-13-8-9-17(35-13)19-27-28-21(30(19)18-15(33-3)6-5-7-16(18)34-4)29-36(31,32)12-22(2,24)20-25-10-14(23)11-26-20/h5-11H,12H2,1-4H3,(H,28,29). The van der Waals surface area contributed by atoms with E-state index in [2.05, 4.69) is 24.9 Å². The minimum absolute atomic E-state index is 0.133. The van der Waals surface area contributed by atoms with Crippen molar-refractivity contribution in [2.75, 3.05) is 24.7 Å². The number of ether oxygens (including phenoxy) is 2. The van der Waals surface area contributed by atoms with Crippen LogP contribution in [0.25, 0.3) is 17.3 Å². The van der Waals surface area contributed by atoms with Crippen molar-refractivity contribution in [2.45, 2.75) is 19.5 Å². The van der Waals surface area contributed by atoms with Crippen molar-refractivity contribution in [3.63, 3.8) is 0 Å². The molecule has 190 valence electrons. The van der Waals surface area contributed by atoms with Crippen LogP contribution >= 0.6 is 0 Å². The van der Waals surface area contributed by atoms with Crippen molar-refractivity contribution in [2.24, 2.45) is 0 Å². The largest absolute Gasteiger partial charge is 0.494 e. The molecule has 1 N–H and O–H groups in total. The molecule has 0 aliphatic heterocycles. The summed E-state index contributed by atoms with van der Waals surface area (Å²) in [5.74, 6) is -1.01. The molecule has 3 heterocycles. The third kappa shape index (κ3) is 4.98. The zero-order chi connectivity index (χ0) is 26.1. The highest BCUT2D eigenvalue weighted by molar-refractivity contribution is 7.92. The van der Waals surface area contributed by atoms with Gasteiger partial charge in [-0.2, -0.15) is 0 Å². The van der Waals surface area contributed by atoms with Gasteiger partial charge in [-0.15, -0.1) is 10.2 Å². The number of nitrogens with one attached hydrogen (secondary N) is 1. The number of hydrogen-bond acceptors (Lipinski definition) is 9. The predicted octanol–water partition coefficient (Wildman–Crippen LogP) is 3.41. The van der Waals surface area contributed by atoms with Gasteiger partial charge in [-0.05, 0) is 38.1 Å². The molecule has 0 fully saturated rings. The number of para-hydroxylation sites is 1. The Hall–Kier alpha value is -4.07. The highest BCUT2D eigenvalue weighted by Crippen LogP contribution is 2.38. The number of rotatable bonds is 9. The van der Waals surface area contributed by atoms with E-state index in [0.717, 1.165) is 19.3 Å². The minimum Gasteiger partial charge on any atom is -0.494 e. The topological polar surface area (TPSA) is 134 Å². The van der Waals surface area contributed by atoms with E-state index in [1.54, 1.807) is 37.3 Å². The number of benzene rings is 1. The Kier molecular flexibility index (Phi) is 6.63. The first-order valence-corrected chi connectivity index (χ1v) is 12.1. The van der Waals surface area contributed by atoms with Gasteiger partial charge < -0.3 is 13.9 Å². The lowest BCUT2D eigenvalue weighted by molar-refractivity contribution is 0.209. The van der Waals surface area contributed by atoms with Gasteiger partial charge in [-0.25, -0.2) is 27.2 Å². The Morgan fingerprint density at radius 1 is 1.08 bits per heavy atom. The van der Waals surface area contributed by atoms with E-state index >= 15 is 4.39 Å². The molecule has 0 radical (unpaired) electrons. The number of halogens is 2. The summed E-state index contributed by atoms with van der Waals surface area (Å²) < 4.78 is 74.8. The highest BCUT2D eigenvalue weighted by atomic mass is 32.2. The van der Waals surface area contributed by atoms with Gasteiger partial charge in [0.15, 0.2) is 23.1 Å². The van der Waals surface area contributed by atoms with Crippen LogP contribution in [-0.4, -0.2) is 53.1 Å². The fraction of sp³-hybridized carbons (Fsp3) is 0.273. The summed E-state index contributed by atoms with van der Waals surface area (Å²) in [7, 11) is -1.56. The zero-order valence-electron chi connectivity index (χ0n) is 19.7. The molecule has 14 heteroatoms. The van der Waals surface area contributed by atoms with Crippen LogP contribution < -0.4 is 14.2 Å². The molecule has 0 saturated heterocycles. The van der Waals surface area contributed by atoms with Crippen LogP contribution in [0, 0.1) is 12.7 Å². The first-order chi connectivity index (χ1) is 17.0. The predicted molar refractivity (Wildman–Crippen MR) is 125 cm³/mol. The van der Waals surface area contributed by atoms with Crippen molar-refractivity contribution in [3.05, 3.63) is 60.1 Å². The van der Waals surface area contributed by atoms with Gasteiger partial charge in [-0.3, -0.25) is 9.29 Å². The van der Waals surface area contributed by atoms with E-state index in [9.17, 15) is 12.8 Å². The third-order valence-corrected chi connectivity index (χ3v) is 6.46. The van der Waals surface area contributed by atoms with E-state index in [1.807, 2.05) is 0 Å². The maximum absolute atomic E-state index is 15.3. The van der Waals surface area contributed by atoms with Crippen LogP contribution in [-0.2, 0) is 15.7 Å². The molecule has 1 aromatic carbocycles. The van der Waals surface area contributed by atoms with Gasteiger partial charge in [0, 0.05) is 0 Å². The molecule has 11 nitrogen and oxygen atoms in total. The summed E-state index contributed by atoms with van der Waals surface area (Å²) in [4.78, 5) is 7.13. The third-order valence-electron chi connectivity index (χ3n) is 5.04. The number of alkyl halides is 1. The van der Waals surface area contributed by atoms with E-state index in [1.165, 1.54) is 18.8 Å². The summed E-state index contributed by atoms with van der Waals surface area (Å²) in [6.07, 6.45) is 1.50. The zero-order valence-corrected chi connectivity index (χ0v) is 20.5. The lowest BCUT2D eigenvalue weighted by atomic mass is 10.1. The van der Waals surface area contributed by atoms with Gasteiger partial charge >= 0.3 is 0 Å². The van der Waals surface area contributed by atoms with Crippen molar-refractivity contribution < 1.29 is 31.1 Å².